The molecule has 2 N–H and O–H groups in total. The smallest absolute Gasteiger partial charge is 0.0809 e. The number of aromatic nitrogens is 2. The Morgan fingerprint density at radius 1 is 0.857 bits per heavy atom. The normalized spacial score (nSPS) is 10.6. The molecule has 0 spiro atoms. The molecule has 4 nitrogen and oxygen atoms in total. The number of para-hydroxylation sites is 1. The van der Waals surface area contributed by atoms with E-state index < -0.39 is 0 Å². The van der Waals surface area contributed by atoms with Crippen LogP contribution in [0.4, 0.5) is 5.69 Å². The van der Waals surface area contributed by atoms with E-state index in [2.05, 4.69) is 45.9 Å². The van der Waals surface area contributed by atoms with E-state index in [9.17, 15) is 0 Å². The van der Waals surface area contributed by atoms with Crippen LogP contribution >= 0.6 is 36.4 Å². The molecule has 4 rings (SSSR count). The summed E-state index contributed by atoms with van der Waals surface area (Å²) in [5.41, 5.74) is 3.18. The van der Waals surface area contributed by atoms with E-state index >= 15 is 0 Å². The van der Waals surface area contributed by atoms with Crippen molar-refractivity contribution in [3.63, 3.8) is 0 Å². The van der Waals surface area contributed by atoms with Crippen molar-refractivity contribution in [3.05, 3.63) is 54.9 Å². The largest absolute Gasteiger partial charge is 0.384 e. The Morgan fingerprint density at radius 3 is 2.57 bits per heavy atom. The molecule has 0 radical (unpaired) electrons. The summed E-state index contributed by atoms with van der Waals surface area (Å²) < 4.78 is 0. The molecule has 0 bridgehead atoms. The molecule has 4 aromatic rings. The maximum atomic E-state index is 5.70. The van der Waals surface area contributed by atoms with Crippen molar-refractivity contribution in [2.75, 3.05) is 30.8 Å². The van der Waals surface area contributed by atoms with Gasteiger partial charge in [-0.15, -0.1) is 36.4 Å². The Balaban J connectivity index is 0.00000140. The first kappa shape index (κ1) is 22.4. The molecule has 0 fully saturated rings. The molecular formula is C21H23Cl3N4. The number of fused-ring (bicyclic) bond motifs is 4. The third kappa shape index (κ3) is 4.58. The second-order valence-electron chi connectivity index (χ2n) is 6.28. The fourth-order valence-electron chi connectivity index (χ4n) is 3.33. The maximum absolute atomic E-state index is 5.70. The standard InChI is InChI=1S/C21H21ClN4.2ClH/c22-9-13-23-10-3-11-25-20-17-4-1-2-5-19(17)26-21-16-8-12-24-14-15(16)6-7-18(20)21;;/h1-2,4-8,12,14,23H,3,9-11,13H2,(H,25,26);2*1H. The van der Waals surface area contributed by atoms with Gasteiger partial charge in [-0.2, -0.15) is 0 Å². The highest BCUT2D eigenvalue weighted by Gasteiger charge is 2.11. The zero-order chi connectivity index (χ0) is 17.8. The first-order valence-electron chi connectivity index (χ1n) is 8.94. The predicted molar refractivity (Wildman–Crippen MR) is 126 cm³/mol. The van der Waals surface area contributed by atoms with Gasteiger partial charge in [-0.25, -0.2) is 4.98 Å². The lowest BCUT2D eigenvalue weighted by Gasteiger charge is -2.14. The van der Waals surface area contributed by atoms with E-state index in [1.54, 1.807) is 0 Å². The van der Waals surface area contributed by atoms with Crippen molar-refractivity contribution in [1.29, 1.82) is 0 Å². The second-order valence-corrected chi connectivity index (χ2v) is 6.66. The fourth-order valence-corrected chi connectivity index (χ4v) is 3.47. The minimum atomic E-state index is 0. The van der Waals surface area contributed by atoms with Crippen LogP contribution < -0.4 is 10.6 Å². The van der Waals surface area contributed by atoms with E-state index in [0.29, 0.717) is 5.88 Å². The van der Waals surface area contributed by atoms with Crippen molar-refractivity contribution in [1.82, 2.24) is 15.3 Å². The minimum Gasteiger partial charge on any atom is -0.384 e. The zero-order valence-electron chi connectivity index (χ0n) is 15.3. The molecule has 2 aromatic heterocycles. The molecule has 148 valence electrons. The maximum Gasteiger partial charge on any atom is 0.0809 e. The number of hydrogen-bond donors (Lipinski definition) is 2. The monoisotopic (exact) mass is 436 g/mol. The number of alkyl halides is 1. The lowest BCUT2D eigenvalue weighted by atomic mass is 10.0. The van der Waals surface area contributed by atoms with E-state index in [4.69, 9.17) is 16.6 Å². The van der Waals surface area contributed by atoms with Crippen LogP contribution in [0.2, 0.25) is 0 Å². The summed E-state index contributed by atoms with van der Waals surface area (Å²) in [6, 6.07) is 14.6. The van der Waals surface area contributed by atoms with Gasteiger partial charge in [0.1, 0.15) is 0 Å². The van der Waals surface area contributed by atoms with Gasteiger partial charge in [0.25, 0.3) is 0 Å². The molecule has 28 heavy (non-hydrogen) atoms. The van der Waals surface area contributed by atoms with E-state index in [1.165, 1.54) is 0 Å². The van der Waals surface area contributed by atoms with Crippen molar-refractivity contribution < 1.29 is 0 Å². The van der Waals surface area contributed by atoms with Crippen LogP contribution in [0.3, 0.4) is 0 Å². The first-order valence-corrected chi connectivity index (χ1v) is 9.47. The van der Waals surface area contributed by atoms with E-state index in [0.717, 1.165) is 64.3 Å². The van der Waals surface area contributed by atoms with Crippen LogP contribution in [0.25, 0.3) is 32.6 Å². The summed E-state index contributed by atoms with van der Waals surface area (Å²) in [5, 5.41) is 11.5. The first-order chi connectivity index (χ1) is 12.9. The average molecular weight is 438 g/mol. The molecule has 0 saturated carbocycles. The van der Waals surface area contributed by atoms with Crippen LogP contribution in [-0.4, -0.2) is 35.5 Å². The number of anilines is 1. The van der Waals surface area contributed by atoms with Gasteiger partial charge in [0.2, 0.25) is 0 Å². The third-order valence-corrected chi connectivity index (χ3v) is 4.76. The number of hydrogen-bond acceptors (Lipinski definition) is 4. The number of nitrogens with one attached hydrogen (secondary N) is 2. The molecule has 2 heterocycles. The number of pyridine rings is 2. The number of rotatable bonds is 7. The molecule has 0 aliphatic carbocycles. The van der Waals surface area contributed by atoms with Gasteiger partial charge < -0.3 is 10.6 Å². The van der Waals surface area contributed by atoms with Crippen molar-refractivity contribution >= 4 is 74.7 Å². The Kier molecular flexibility index (Phi) is 8.52. The highest BCUT2D eigenvalue weighted by molar-refractivity contribution is 6.18. The Hall–Kier alpha value is -1.85. The highest BCUT2D eigenvalue weighted by atomic mass is 35.5. The Morgan fingerprint density at radius 2 is 1.71 bits per heavy atom. The molecule has 0 aliphatic rings. The van der Waals surface area contributed by atoms with Crippen molar-refractivity contribution in [2.24, 2.45) is 0 Å². The van der Waals surface area contributed by atoms with Crippen LogP contribution in [0, 0.1) is 0 Å². The lowest BCUT2D eigenvalue weighted by molar-refractivity contribution is 0.691. The zero-order valence-corrected chi connectivity index (χ0v) is 17.7. The number of halogens is 3. The van der Waals surface area contributed by atoms with Crippen LogP contribution in [-0.2, 0) is 0 Å². The topological polar surface area (TPSA) is 49.8 Å². The summed E-state index contributed by atoms with van der Waals surface area (Å²) in [7, 11) is 0. The summed E-state index contributed by atoms with van der Waals surface area (Å²) >= 11 is 5.70. The second kappa shape index (κ2) is 10.6. The van der Waals surface area contributed by atoms with E-state index in [-0.39, 0.29) is 24.8 Å². The van der Waals surface area contributed by atoms with Crippen molar-refractivity contribution in [3.8, 4) is 0 Å². The third-order valence-electron chi connectivity index (χ3n) is 4.57. The van der Waals surface area contributed by atoms with Crippen molar-refractivity contribution in [2.45, 2.75) is 6.42 Å². The SMILES string of the molecule is Cl.Cl.ClCCNCCCNc1c2ccccc2nc2c1ccc1cnccc12. The molecule has 2 aromatic carbocycles. The van der Waals surface area contributed by atoms with Gasteiger partial charge in [0, 0.05) is 52.9 Å². The number of nitrogens with zero attached hydrogens (tertiary/aromatic N) is 2. The summed E-state index contributed by atoms with van der Waals surface area (Å²) in [4.78, 5) is 9.17. The average Bonchev–Trinajstić information content (AvgIpc) is 2.69. The molecule has 0 amide bonds. The number of benzene rings is 2. The van der Waals surface area contributed by atoms with Gasteiger partial charge in [0.05, 0.1) is 16.7 Å². The van der Waals surface area contributed by atoms with Gasteiger partial charge in [-0.3, -0.25) is 4.98 Å². The van der Waals surface area contributed by atoms with Gasteiger partial charge in [0.15, 0.2) is 0 Å². The van der Waals surface area contributed by atoms with Gasteiger partial charge >= 0.3 is 0 Å². The Labute approximate surface area is 181 Å². The van der Waals surface area contributed by atoms with Gasteiger partial charge in [-0.1, -0.05) is 30.3 Å². The predicted octanol–water partition coefficient (Wildman–Crippen LogP) is 5.41. The molecule has 0 atom stereocenters. The van der Waals surface area contributed by atoms with Crippen LogP contribution in [0.15, 0.2) is 54.9 Å². The summed E-state index contributed by atoms with van der Waals surface area (Å²) in [6.45, 7) is 2.70. The highest BCUT2D eigenvalue weighted by Crippen LogP contribution is 2.34. The summed E-state index contributed by atoms with van der Waals surface area (Å²) in [6.07, 6.45) is 4.75. The Bertz CT molecular complexity index is 1060. The molecule has 0 aliphatic heterocycles. The van der Waals surface area contributed by atoms with Crippen LogP contribution in [0.5, 0.6) is 0 Å². The molecule has 7 heteroatoms. The van der Waals surface area contributed by atoms with Gasteiger partial charge in [-0.05, 0) is 25.1 Å². The molecule has 0 saturated heterocycles. The molecular weight excluding hydrogens is 415 g/mol. The fraction of sp³-hybridized carbons (Fsp3) is 0.238. The van der Waals surface area contributed by atoms with Crippen LogP contribution in [0.1, 0.15) is 6.42 Å². The quantitative estimate of drug-likeness (QED) is 0.176. The molecule has 0 unspecified atom stereocenters. The minimum absolute atomic E-state index is 0. The summed E-state index contributed by atoms with van der Waals surface area (Å²) in [5.74, 6) is 0.648. The lowest BCUT2D eigenvalue weighted by Crippen LogP contribution is -2.20. The van der Waals surface area contributed by atoms with E-state index in [1.807, 2.05) is 24.5 Å².